The Bertz CT molecular complexity index is 893. The Balaban J connectivity index is 2.15. The van der Waals surface area contributed by atoms with E-state index in [9.17, 15) is 4.39 Å². The Labute approximate surface area is 144 Å². The van der Waals surface area contributed by atoms with Crippen LogP contribution in [0.2, 0.25) is 5.02 Å². The maximum absolute atomic E-state index is 14.2. The zero-order chi connectivity index (χ0) is 16.9. The van der Waals surface area contributed by atoms with Gasteiger partial charge >= 0.3 is 0 Å². The SMILES string of the molecule is NNC(=Nc1ccccc1Cl)c1ccccc1-c1ccccc1F. The number of hydrogen-bond acceptors (Lipinski definition) is 2. The summed E-state index contributed by atoms with van der Waals surface area (Å²) in [6, 6.07) is 21.1. The van der Waals surface area contributed by atoms with E-state index in [4.69, 9.17) is 17.4 Å². The van der Waals surface area contributed by atoms with Gasteiger partial charge in [-0.2, -0.15) is 0 Å². The molecule has 0 amide bonds. The molecule has 0 saturated carbocycles. The van der Waals surface area contributed by atoms with Crippen molar-refractivity contribution in [3.05, 3.63) is 89.2 Å². The molecule has 0 unspecified atom stereocenters. The first kappa shape index (κ1) is 16.2. The number of nitrogens with one attached hydrogen (secondary N) is 1. The normalized spacial score (nSPS) is 11.4. The molecular weight excluding hydrogens is 325 g/mol. The molecule has 0 saturated heterocycles. The monoisotopic (exact) mass is 339 g/mol. The number of halogens is 2. The summed E-state index contributed by atoms with van der Waals surface area (Å²) in [6.45, 7) is 0. The standard InChI is InChI=1S/C19H15ClFN3/c20-16-10-4-6-12-18(16)23-19(24-22)15-9-2-1-7-13(15)14-8-3-5-11-17(14)21/h1-12H,22H2,(H,23,24). The first-order valence-electron chi connectivity index (χ1n) is 7.35. The van der Waals surface area contributed by atoms with Crippen molar-refractivity contribution in [2.24, 2.45) is 10.8 Å². The summed E-state index contributed by atoms with van der Waals surface area (Å²) >= 11 is 6.16. The Morgan fingerprint density at radius 1 is 0.875 bits per heavy atom. The van der Waals surface area contributed by atoms with Gasteiger partial charge in [-0.3, -0.25) is 0 Å². The number of amidine groups is 1. The van der Waals surface area contributed by atoms with E-state index in [1.54, 1.807) is 30.3 Å². The van der Waals surface area contributed by atoms with Crippen molar-refractivity contribution in [3.8, 4) is 11.1 Å². The largest absolute Gasteiger partial charge is 0.308 e. The molecule has 3 aromatic rings. The molecule has 3 aromatic carbocycles. The molecule has 0 fully saturated rings. The third kappa shape index (κ3) is 3.30. The second kappa shape index (κ2) is 7.25. The molecule has 0 aromatic heterocycles. The Morgan fingerprint density at radius 2 is 1.50 bits per heavy atom. The maximum Gasteiger partial charge on any atom is 0.148 e. The van der Waals surface area contributed by atoms with Gasteiger partial charge in [-0.1, -0.05) is 66.2 Å². The molecule has 5 heteroatoms. The fourth-order valence-corrected chi connectivity index (χ4v) is 2.62. The second-order valence-electron chi connectivity index (χ2n) is 5.08. The zero-order valence-electron chi connectivity index (χ0n) is 12.7. The first-order valence-corrected chi connectivity index (χ1v) is 7.72. The van der Waals surface area contributed by atoms with Gasteiger partial charge in [0.25, 0.3) is 0 Å². The van der Waals surface area contributed by atoms with Crippen LogP contribution in [0.5, 0.6) is 0 Å². The quantitative estimate of drug-likeness (QED) is 0.315. The number of aliphatic imine (C=N–C) groups is 1. The predicted octanol–water partition coefficient (Wildman–Crippen LogP) is 4.69. The van der Waals surface area contributed by atoms with Crippen molar-refractivity contribution in [2.45, 2.75) is 0 Å². The molecule has 0 atom stereocenters. The van der Waals surface area contributed by atoms with Gasteiger partial charge in [0, 0.05) is 11.1 Å². The lowest BCUT2D eigenvalue weighted by Gasteiger charge is -2.13. The lowest BCUT2D eigenvalue weighted by molar-refractivity contribution is 0.631. The van der Waals surface area contributed by atoms with E-state index in [2.05, 4.69) is 10.4 Å². The van der Waals surface area contributed by atoms with Gasteiger partial charge in [0.15, 0.2) is 0 Å². The predicted molar refractivity (Wildman–Crippen MR) is 96.8 cm³/mol. The van der Waals surface area contributed by atoms with Crippen molar-refractivity contribution >= 4 is 23.1 Å². The highest BCUT2D eigenvalue weighted by Crippen LogP contribution is 2.29. The van der Waals surface area contributed by atoms with E-state index < -0.39 is 0 Å². The molecule has 120 valence electrons. The Morgan fingerprint density at radius 3 is 2.21 bits per heavy atom. The van der Waals surface area contributed by atoms with Crippen LogP contribution in [-0.4, -0.2) is 5.84 Å². The molecule has 0 aliphatic carbocycles. The highest BCUT2D eigenvalue weighted by atomic mass is 35.5. The van der Waals surface area contributed by atoms with Crippen LogP contribution >= 0.6 is 11.6 Å². The smallest absolute Gasteiger partial charge is 0.148 e. The average Bonchev–Trinajstić information content (AvgIpc) is 2.62. The van der Waals surface area contributed by atoms with E-state index in [0.29, 0.717) is 33.2 Å². The van der Waals surface area contributed by atoms with Crippen LogP contribution in [0.4, 0.5) is 10.1 Å². The van der Waals surface area contributed by atoms with Gasteiger partial charge in [0.2, 0.25) is 0 Å². The number of hydrazine groups is 1. The molecule has 3 N–H and O–H groups in total. The van der Waals surface area contributed by atoms with Crippen molar-refractivity contribution in [3.63, 3.8) is 0 Å². The molecule has 24 heavy (non-hydrogen) atoms. The number of hydrogen-bond donors (Lipinski definition) is 2. The van der Waals surface area contributed by atoms with E-state index in [0.717, 1.165) is 0 Å². The van der Waals surface area contributed by atoms with Gasteiger partial charge in [0.1, 0.15) is 11.7 Å². The highest BCUT2D eigenvalue weighted by Gasteiger charge is 2.13. The molecule has 3 rings (SSSR count). The van der Waals surface area contributed by atoms with Gasteiger partial charge in [0.05, 0.1) is 10.7 Å². The van der Waals surface area contributed by atoms with Gasteiger partial charge in [-0.25, -0.2) is 15.2 Å². The van der Waals surface area contributed by atoms with Crippen LogP contribution in [0.25, 0.3) is 11.1 Å². The summed E-state index contributed by atoms with van der Waals surface area (Å²) in [4.78, 5) is 4.49. The zero-order valence-corrected chi connectivity index (χ0v) is 13.5. The van der Waals surface area contributed by atoms with Crippen LogP contribution in [0.15, 0.2) is 77.8 Å². The summed E-state index contributed by atoms with van der Waals surface area (Å²) in [5.74, 6) is 5.77. The van der Waals surface area contributed by atoms with Crippen molar-refractivity contribution in [1.82, 2.24) is 5.43 Å². The lowest BCUT2D eigenvalue weighted by Crippen LogP contribution is -2.31. The van der Waals surface area contributed by atoms with Crippen molar-refractivity contribution in [2.75, 3.05) is 0 Å². The van der Waals surface area contributed by atoms with Crippen LogP contribution in [-0.2, 0) is 0 Å². The maximum atomic E-state index is 14.2. The lowest BCUT2D eigenvalue weighted by atomic mass is 9.98. The third-order valence-electron chi connectivity index (χ3n) is 3.57. The highest BCUT2D eigenvalue weighted by molar-refractivity contribution is 6.33. The first-order chi connectivity index (χ1) is 11.7. The second-order valence-corrected chi connectivity index (χ2v) is 5.49. The third-order valence-corrected chi connectivity index (χ3v) is 3.89. The minimum atomic E-state index is -0.306. The molecule has 3 nitrogen and oxygen atoms in total. The van der Waals surface area contributed by atoms with E-state index in [1.165, 1.54) is 6.07 Å². The summed E-state index contributed by atoms with van der Waals surface area (Å²) in [7, 11) is 0. The van der Waals surface area contributed by atoms with Gasteiger partial charge < -0.3 is 5.43 Å². The molecule has 0 radical (unpaired) electrons. The van der Waals surface area contributed by atoms with Crippen LogP contribution < -0.4 is 11.3 Å². The van der Waals surface area contributed by atoms with E-state index in [-0.39, 0.29) is 5.82 Å². The molecule has 0 aliphatic heterocycles. The van der Waals surface area contributed by atoms with Gasteiger partial charge in [-0.15, -0.1) is 0 Å². The molecule has 0 heterocycles. The van der Waals surface area contributed by atoms with Crippen LogP contribution in [0.1, 0.15) is 5.56 Å². The van der Waals surface area contributed by atoms with Crippen molar-refractivity contribution < 1.29 is 4.39 Å². The average molecular weight is 340 g/mol. The molecule has 0 bridgehead atoms. The van der Waals surface area contributed by atoms with Crippen LogP contribution in [0.3, 0.4) is 0 Å². The van der Waals surface area contributed by atoms with E-state index in [1.807, 2.05) is 36.4 Å². The topological polar surface area (TPSA) is 50.4 Å². The summed E-state index contributed by atoms with van der Waals surface area (Å²) in [6.07, 6.45) is 0. The fourth-order valence-electron chi connectivity index (χ4n) is 2.44. The van der Waals surface area contributed by atoms with E-state index >= 15 is 0 Å². The minimum Gasteiger partial charge on any atom is -0.308 e. The number of para-hydroxylation sites is 1. The Hall–Kier alpha value is -2.69. The van der Waals surface area contributed by atoms with Crippen LogP contribution in [0, 0.1) is 5.82 Å². The molecule has 0 spiro atoms. The van der Waals surface area contributed by atoms with Crippen molar-refractivity contribution in [1.29, 1.82) is 0 Å². The summed E-state index contributed by atoms with van der Waals surface area (Å²) < 4.78 is 14.2. The number of benzene rings is 3. The number of nitrogens with zero attached hydrogens (tertiary/aromatic N) is 1. The fraction of sp³-hybridized carbons (Fsp3) is 0. The molecule has 0 aliphatic rings. The Kier molecular flexibility index (Phi) is 4.89. The summed E-state index contributed by atoms with van der Waals surface area (Å²) in [5.41, 5.74) is 5.03. The molecular formula is C19H15ClFN3. The number of nitrogens with two attached hydrogens (primary N) is 1. The minimum absolute atomic E-state index is 0.306. The summed E-state index contributed by atoms with van der Waals surface area (Å²) in [5, 5.41) is 0.508. The van der Waals surface area contributed by atoms with Gasteiger partial charge in [-0.05, 0) is 23.8 Å². The number of rotatable bonds is 3.